The van der Waals surface area contributed by atoms with Crippen LogP contribution in [0.5, 0.6) is 0 Å². The van der Waals surface area contributed by atoms with Crippen LogP contribution in [-0.2, 0) is 9.53 Å². The fourth-order valence-electron chi connectivity index (χ4n) is 1.70. The fourth-order valence-corrected chi connectivity index (χ4v) is 2.22. The lowest BCUT2D eigenvalue weighted by Crippen LogP contribution is -2.41. The van der Waals surface area contributed by atoms with Gasteiger partial charge in [0.25, 0.3) is 0 Å². The first-order valence-corrected chi connectivity index (χ1v) is 7.15. The van der Waals surface area contributed by atoms with Crippen LogP contribution in [0.1, 0.15) is 12.8 Å². The maximum atomic E-state index is 11.6. The lowest BCUT2D eigenvalue weighted by molar-refractivity contribution is -0.130. The van der Waals surface area contributed by atoms with Gasteiger partial charge in [0.2, 0.25) is 5.91 Å². The number of carbonyl (C=O) groups is 1. The van der Waals surface area contributed by atoms with Crippen molar-refractivity contribution in [3.63, 3.8) is 0 Å². The molecule has 0 bridgehead atoms. The van der Waals surface area contributed by atoms with Gasteiger partial charge in [0.05, 0.1) is 18.5 Å². The van der Waals surface area contributed by atoms with E-state index in [1.54, 1.807) is 11.8 Å². The van der Waals surface area contributed by atoms with Crippen molar-refractivity contribution in [3.8, 4) is 0 Å². The third-order valence-electron chi connectivity index (χ3n) is 2.49. The molecule has 0 atom stereocenters. The number of hydrogen-bond donors (Lipinski definition) is 0. The molecule has 3 nitrogen and oxygen atoms in total. The monoisotopic (exact) mass is 251 g/mol. The summed E-state index contributed by atoms with van der Waals surface area (Å²) >= 11 is 7.13. The van der Waals surface area contributed by atoms with Crippen molar-refractivity contribution in [1.29, 1.82) is 0 Å². The first-order chi connectivity index (χ1) is 7.27. The van der Waals surface area contributed by atoms with Gasteiger partial charge in [-0.1, -0.05) is 0 Å². The zero-order valence-corrected chi connectivity index (χ0v) is 10.6. The van der Waals surface area contributed by atoms with E-state index in [0.717, 1.165) is 25.9 Å². The van der Waals surface area contributed by atoms with Crippen LogP contribution >= 0.6 is 23.4 Å². The second-order valence-corrected chi connectivity index (χ2v) is 4.82. The van der Waals surface area contributed by atoms with Crippen LogP contribution < -0.4 is 0 Å². The first-order valence-electron chi connectivity index (χ1n) is 5.22. The van der Waals surface area contributed by atoms with E-state index in [-0.39, 0.29) is 5.91 Å². The number of alkyl halides is 1. The standard InChI is InChI=1S/C10H18ClNO2S/c1-15-8-10(13)12-5-2-9(3-6-12)14-7-4-11/h9H,2-8H2,1H3. The summed E-state index contributed by atoms with van der Waals surface area (Å²) in [5, 5.41) is 0. The summed E-state index contributed by atoms with van der Waals surface area (Å²) in [6, 6.07) is 0. The van der Waals surface area contributed by atoms with Crippen LogP contribution in [0.4, 0.5) is 0 Å². The minimum Gasteiger partial charge on any atom is -0.377 e. The zero-order chi connectivity index (χ0) is 11.1. The van der Waals surface area contributed by atoms with Crippen molar-refractivity contribution in [3.05, 3.63) is 0 Å². The highest BCUT2D eigenvalue weighted by molar-refractivity contribution is 7.99. The van der Waals surface area contributed by atoms with E-state index < -0.39 is 0 Å². The molecule has 0 aromatic rings. The molecule has 0 spiro atoms. The van der Waals surface area contributed by atoms with E-state index in [4.69, 9.17) is 16.3 Å². The Balaban J connectivity index is 2.20. The highest BCUT2D eigenvalue weighted by Crippen LogP contribution is 2.14. The molecule has 0 N–H and O–H groups in total. The molecule has 1 heterocycles. The number of halogens is 1. The van der Waals surface area contributed by atoms with Gasteiger partial charge in [0.1, 0.15) is 0 Å². The average molecular weight is 252 g/mol. The molecule has 0 radical (unpaired) electrons. The van der Waals surface area contributed by atoms with E-state index in [1.165, 1.54) is 0 Å². The normalized spacial score (nSPS) is 18.1. The van der Waals surface area contributed by atoms with Crippen molar-refractivity contribution in [2.24, 2.45) is 0 Å². The van der Waals surface area contributed by atoms with Crippen LogP contribution in [0.2, 0.25) is 0 Å². The number of rotatable bonds is 5. The molecule has 1 saturated heterocycles. The molecule has 0 unspecified atom stereocenters. The lowest BCUT2D eigenvalue weighted by atomic mass is 10.1. The lowest BCUT2D eigenvalue weighted by Gasteiger charge is -2.31. The molecule has 1 aliphatic rings. The Kier molecular flexibility index (Phi) is 6.45. The molecule has 1 fully saturated rings. The Bertz CT molecular complexity index is 196. The van der Waals surface area contributed by atoms with Crippen LogP contribution in [0, 0.1) is 0 Å². The van der Waals surface area contributed by atoms with Crippen molar-refractivity contribution >= 4 is 29.3 Å². The smallest absolute Gasteiger partial charge is 0.232 e. The highest BCUT2D eigenvalue weighted by atomic mass is 35.5. The van der Waals surface area contributed by atoms with E-state index in [9.17, 15) is 4.79 Å². The van der Waals surface area contributed by atoms with E-state index in [0.29, 0.717) is 24.3 Å². The largest absolute Gasteiger partial charge is 0.377 e. The molecule has 5 heteroatoms. The maximum Gasteiger partial charge on any atom is 0.232 e. The average Bonchev–Trinajstić information content (AvgIpc) is 2.27. The quantitative estimate of drug-likeness (QED) is 0.695. The number of likely N-dealkylation sites (tertiary alicyclic amines) is 1. The van der Waals surface area contributed by atoms with Gasteiger partial charge in [-0.25, -0.2) is 0 Å². The fraction of sp³-hybridized carbons (Fsp3) is 0.900. The Labute approximate surface area is 100 Å². The van der Waals surface area contributed by atoms with E-state index in [2.05, 4.69) is 0 Å². The molecular weight excluding hydrogens is 234 g/mol. The van der Waals surface area contributed by atoms with Gasteiger partial charge >= 0.3 is 0 Å². The van der Waals surface area contributed by atoms with Crippen molar-refractivity contribution in [2.45, 2.75) is 18.9 Å². The topological polar surface area (TPSA) is 29.5 Å². The molecule has 0 saturated carbocycles. The number of thioether (sulfide) groups is 1. The number of piperidine rings is 1. The van der Waals surface area contributed by atoms with Crippen molar-refractivity contribution < 1.29 is 9.53 Å². The molecule has 0 aliphatic carbocycles. The van der Waals surface area contributed by atoms with E-state index in [1.807, 2.05) is 11.2 Å². The van der Waals surface area contributed by atoms with Crippen LogP contribution in [0.25, 0.3) is 0 Å². The van der Waals surface area contributed by atoms with Crippen LogP contribution in [0.15, 0.2) is 0 Å². The predicted molar refractivity (Wildman–Crippen MR) is 64.7 cm³/mol. The molecular formula is C10H18ClNO2S. The third-order valence-corrected chi connectivity index (χ3v) is 3.18. The van der Waals surface area contributed by atoms with Crippen LogP contribution in [-0.4, -0.2) is 54.5 Å². The second kappa shape index (κ2) is 7.36. The minimum absolute atomic E-state index is 0.248. The van der Waals surface area contributed by atoms with Gasteiger partial charge < -0.3 is 9.64 Å². The zero-order valence-electron chi connectivity index (χ0n) is 9.08. The molecule has 15 heavy (non-hydrogen) atoms. The SMILES string of the molecule is CSCC(=O)N1CCC(OCCCl)CC1. The second-order valence-electron chi connectivity index (χ2n) is 3.57. The first kappa shape index (κ1) is 13.1. The van der Waals surface area contributed by atoms with E-state index >= 15 is 0 Å². The van der Waals surface area contributed by atoms with Gasteiger partial charge in [-0.15, -0.1) is 11.6 Å². The molecule has 0 aromatic heterocycles. The van der Waals surface area contributed by atoms with Gasteiger partial charge in [0.15, 0.2) is 0 Å². The molecule has 1 rings (SSSR count). The third kappa shape index (κ3) is 4.62. The van der Waals surface area contributed by atoms with Gasteiger partial charge in [-0.3, -0.25) is 4.79 Å². The molecule has 1 amide bonds. The van der Waals surface area contributed by atoms with Crippen molar-refractivity contribution in [2.75, 3.05) is 37.6 Å². The highest BCUT2D eigenvalue weighted by Gasteiger charge is 2.22. The van der Waals surface area contributed by atoms with Crippen molar-refractivity contribution in [1.82, 2.24) is 4.90 Å². The summed E-state index contributed by atoms with van der Waals surface area (Å²) in [6.45, 7) is 2.27. The van der Waals surface area contributed by atoms with Gasteiger partial charge in [-0.2, -0.15) is 11.8 Å². The number of ether oxygens (including phenoxy) is 1. The van der Waals surface area contributed by atoms with Crippen LogP contribution in [0.3, 0.4) is 0 Å². The van der Waals surface area contributed by atoms with Gasteiger partial charge in [0, 0.05) is 19.0 Å². The number of amides is 1. The Morgan fingerprint density at radius 3 is 2.73 bits per heavy atom. The Morgan fingerprint density at radius 1 is 1.53 bits per heavy atom. The molecule has 1 aliphatic heterocycles. The summed E-state index contributed by atoms with van der Waals surface area (Å²) < 4.78 is 5.55. The number of hydrogen-bond acceptors (Lipinski definition) is 3. The Morgan fingerprint density at radius 2 is 2.20 bits per heavy atom. The van der Waals surface area contributed by atoms with Gasteiger partial charge in [-0.05, 0) is 19.1 Å². The predicted octanol–water partition coefficient (Wildman–Crippen LogP) is 1.60. The molecule has 0 aromatic carbocycles. The summed E-state index contributed by atoms with van der Waals surface area (Å²) in [6.07, 6.45) is 4.13. The summed E-state index contributed by atoms with van der Waals surface area (Å²) in [4.78, 5) is 13.5. The number of nitrogens with zero attached hydrogens (tertiary/aromatic N) is 1. The summed E-state index contributed by atoms with van der Waals surface area (Å²) in [5.74, 6) is 1.39. The molecule has 88 valence electrons. The number of carbonyl (C=O) groups excluding carboxylic acids is 1. The summed E-state index contributed by atoms with van der Waals surface area (Å²) in [7, 11) is 0. The minimum atomic E-state index is 0.248. The Hall–Kier alpha value is 0.0700. The summed E-state index contributed by atoms with van der Waals surface area (Å²) in [5.41, 5.74) is 0. The maximum absolute atomic E-state index is 11.6.